The number of benzene rings is 1. The van der Waals surface area contributed by atoms with Crippen molar-refractivity contribution in [2.24, 2.45) is 0 Å². The average Bonchev–Trinajstić information content (AvgIpc) is 2.64. The lowest BCUT2D eigenvalue weighted by Crippen LogP contribution is -2.57. The molecule has 3 fully saturated rings. The molecule has 1 saturated carbocycles. The summed E-state index contributed by atoms with van der Waals surface area (Å²) in [5, 5.41) is 3.60. The number of amides is 2. The zero-order valence-electron chi connectivity index (χ0n) is 15.9. The van der Waals surface area contributed by atoms with Crippen molar-refractivity contribution in [3.8, 4) is 5.75 Å². The molecule has 0 radical (unpaired) electrons. The molecule has 0 aromatic heterocycles. The van der Waals surface area contributed by atoms with Crippen LogP contribution in [0.4, 0.5) is 10.5 Å². The van der Waals surface area contributed by atoms with E-state index in [0.29, 0.717) is 36.2 Å². The first-order valence-electron chi connectivity index (χ1n) is 9.88. The number of carbonyl (C=O) groups is 1. The quantitative estimate of drug-likeness (QED) is 0.852. The van der Waals surface area contributed by atoms with Crippen molar-refractivity contribution >= 4 is 23.3 Å². The maximum absolute atomic E-state index is 12.8. The fourth-order valence-corrected chi connectivity index (χ4v) is 4.24. The Hall–Kier alpha value is -1.50. The second-order valence-corrected chi connectivity index (χ2v) is 8.43. The lowest BCUT2D eigenvalue weighted by atomic mass is 9.79. The van der Waals surface area contributed by atoms with Crippen molar-refractivity contribution in [3.63, 3.8) is 0 Å². The van der Waals surface area contributed by atoms with Crippen LogP contribution in [0, 0.1) is 0 Å². The Kier molecular flexibility index (Phi) is 5.48. The molecule has 1 aromatic rings. The number of carbonyl (C=O) groups excluding carboxylic acids is 1. The number of rotatable bonds is 3. The Bertz CT molecular complexity index is 687. The molecule has 7 heteroatoms. The molecule has 6 nitrogen and oxygen atoms in total. The number of anilines is 1. The van der Waals surface area contributed by atoms with Gasteiger partial charge in [-0.3, -0.25) is 0 Å². The molecule has 3 aliphatic rings. The van der Waals surface area contributed by atoms with Gasteiger partial charge in [-0.15, -0.1) is 0 Å². The van der Waals surface area contributed by atoms with Crippen molar-refractivity contribution in [2.75, 3.05) is 45.2 Å². The van der Waals surface area contributed by atoms with E-state index >= 15 is 0 Å². The largest absolute Gasteiger partial charge is 0.488 e. The Morgan fingerprint density at radius 1 is 1.30 bits per heavy atom. The number of likely N-dealkylation sites (tertiary alicyclic amines) is 1. The summed E-state index contributed by atoms with van der Waals surface area (Å²) in [5.41, 5.74) is 0.526. The molecule has 4 rings (SSSR count). The van der Waals surface area contributed by atoms with E-state index in [4.69, 9.17) is 21.1 Å². The molecule has 0 unspecified atom stereocenters. The summed E-state index contributed by atoms with van der Waals surface area (Å²) >= 11 is 6.18. The number of nitrogens with zero attached hydrogens (tertiary/aromatic N) is 2. The van der Waals surface area contributed by atoms with Crippen LogP contribution in [-0.4, -0.2) is 67.4 Å². The summed E-state index contributed by atoms with van der Waals surface area (Å²) in [6, 6.07) is 5.31. The van der Waals surface area contributed by atoms with Gasteiger partial charge < -0.3 is 24.6 Å². The van der Waals surface area contributed by atoms with Crippen LogP contribution in [0.3, 0.4) is 0 Å². The van der Waals surface area contributed by atoms with Gasteiger partial charge in [-0.1, -0.05) is 11.6 Å². The number of piperidine rings is 1. The van der Waals surface area contributed by atoms with Gasteiger partial charge in [-0.25, -0.2) is 4.79 Å². The first kappa shape index (κ1) is 18.8. The minimum absolute atomic E-state index is 0.111. The van der Waals surface area contributed by atoms with Crippen LogP contribution in [0.25, 0.3) is 0 Å². The third kappa shape index (κ3) is 4.33. The summed E-state index contributed by atoms with van der Waals surface area (Å²) in [4.78, 5) is 17.0. The minimum Gasteiger partial charge on any atom is -0.488 e. The Morgan fingerprint density at radius 3 is 2.78 bits per heavy atom. The molecule has 2 amide bonds. The summed E-state index contributed by atoms with van der Waals surface area (Å²) in [7, 11) is 2.13. The first-order chi connectivity index (χ1) is 13.0. The number of urea groups is 1. The second-order valence-electron chi connectivity index (χ2n) is 8.00. The predicted octanol–water partition coefficient (Wildman–Crippen LogP) is 3.60. The van der Waals surface area contributed by atoms with Crippen LogP contribution >= 0.6 is 11.6 Å². The molecule has 1 aliphatic carbocycles. The molecule has 2 aliphatic heterocycles. The topological polar surface area (TPSA) is 54.0 Å². The van der Waals surface area contributed by atoms with Gasteiger partial charge in [-0.2, -0.15) is 0 Å². The monoisotopic (exact) mass is 393 g/mol. The number of halogens is 1. The molecule has 0 bridgehead atoms. The second kappa shape index (κ2) is 7.86. The van der Waals surface area contributed by atoms with Crippen molar-refractivity contribution in [2.45, 2.75) is 43.8 Å². The standard InChI is InChI=1S/C20H28ClN3O3/c1-23-9-5-16(6-10-23)27-18-4-3-15(21)13-17(18)22-19(25)24-11-12-26-20(14-24)7-2-8-20/h3-4,13,16H,2,5-12,14H2,1H3,(H,22,25). The van der Waals surface area contributed by atoms with E-state index in [9.17, 15) is 4.79 Å². The van der Waals surface area contributed by atoms with Crippen LogP contribution in [0.2, 0.25) is 5.02 Å². The Labute approximate surface area is 165 Å². The van der Waals surface area contributed by atoms with Crippen LogP contribution in [-0.2, 0) is 4.74 Å². The highest BCUT2D eigenvalue weighted by Crippen LogP contribution is 2.38. The van der Waals surface area contributed by atoms with E-state index in [0.717, 1.165) is 38.8 Å². The highest BCUT2D eigenvalue weighted by molar-refractivity contribution is 6.31. The van der Waals surface area contributed by atoms with E-state index in [1.807, 2.05) is 11.0 Å². The van der Waals surface area contributed by atoms with Crippen molar-refractivity contribution in [1.29, 1.82) is 0 Å². The fourth-order valence-electron chi connectivity index (χ4n) is 4.07. The molecule has 1 spiro atoms. The molecule has 1 N–H and O–H groups in total. The maximum Gasteiger partial charge on any atom is 0.322 e. The van der Waals surface area contributed by atoms with E-state index in [1.165, 1.54) is 6.42 Å². The molecule has 148 valence electrons. The van der Waals surface area contributed by atoms with E-state index < -0.39 is 0 Å². The normalized spacial score (nSPS) is 23.1. The third-order valence-corrected chi connectivity index (χ3v) is 6.18. The zero-order chi connectivity index (χ0) is 18.9. The van der Waals surface area contributed by atoms with Crippen LogP contribution in [0.15, 0.2) is 18.2 Å². The summed E-state index contributed by atoms with van der Waals surface area (Å²) < 4.78 is 12.1. The van der Waals surface area contributed by atoms with Gasteiger partial charge in [0.25, 0.3) is 0 Å². The molecule has 27 heavy (non-hydrogen) atoms. The first-order valence-corrected chi connectivity index (χ1v) is 10.3. The van der Waals surface area contributed by atoms with E-state index in [2.05, 4.69) is 17.3 Å². The summed E-state index contributed by atoms with van der Waals surface area (Å²) in [5.74, 6) is 0.689. The van der Waals surface area contributed by atoms with E-state index in [1.54, 1.807) is 12.1 Å². The smallest absolute Gasteiger partial charge is 0.322 e. The van der Waals surface area contributed by atoms with Crippen LogP contribution < -0.4 is 10.1 Å². The van der Waals surface area contributed by atoms with Gasteiger partial charge in [0.05, 0.1) is 24.4 Å². The number of nitrogens with one attached hydrogen (secondary N) is 1. The Morgan fingerprint density at radius 2 is 2.07 bits per heavy atom. The Balaban J connectivity index is 1.43. The molecule has 2 heterocycles. The van der Waals surface area contributed by atoms with Gasteiger partial charge in [0.2, 0.25) is 0 Å². The molecule has 0 atom stereocenters. The predicted molar refractivity (Wildman–Crippen MR) is 106 cm³/mol. The van der Waals surface area contributed by atoms with Gasteiger partial charge in [0.15, 0.2) is 0 Å². The van der Waals surface area contributed by atoms with Crippen LogP contribution in [0.1, 0.15) is 32.1 Å². The lowest BCUT2D eigenvalue weighted by molar-refractivity contribution is -0.140. The van der Waals surface area contributed by atoms with Gasteiger partial charge in [0.1, 0.15) is 11.9 Å². The zero-order valence-corrected chi connectivity index (χ0v) is 16.6. The number of hydrogen-bond acceptors (Lipinski definition) is 4. The highest BCUT2D eigenvalue weighted by atomic mass is 35.5. The number of morpholine rings is 1. The fraction of sp³-hybridized carbons (Fsp3) is 0.650. The van der Waals surface area contributed by atoms with Gasteiger partial charge >= 0.3 is 6.03 Å². The van der Waals surface area contributed by atoms with Crippen LogP contribution in [0.5, 0.6) is 5.75 Å². The van der Waals surface area contributed by atoms with Gasteiger partial charge in [-0.05, 0) is 57.4 Å². The van der Waals surface area contributed by atoms with Crippen molar-refractivity contribution < 1.29 is 14.3 Å². The molecule has 1 aromatic carbocycles. The third-order valence-electron chi connectivity index (χ3n) is 5.94. The summed E-state index contributed by atoms with van der Waals surface area (Å²) in [6.45, 7) is 3.91. The van der Waals surface area contributed by atoms with E-state index in [-0.39, 0.29) is 17.7 Å². The molecular formula is C20H28ClN3O3. The van der Waals surface area contributed by atoms with Crippen molar-refractivity contribution in [3.05, 3.63) is 23.2 Å². The molecule has 2 saturated heterocycles. The number of ether oxygens (including phenoxy) is 2. The highest BCUT2D eigenvalue weighted by Gasteiger charge is 2.43. The SMILES string of the molecule is CN1CCC(Oc2ccc(Cl)cc2NC(=O)N2CCOC3(CCC3)C2)CC1. The maximum atomic E-state index is 12.8. The molecular weight excluding hydrogens is 366 g/mol. The summed E-state index contributed by atoms with van der Waals surface area (Å²) in [6.07, 6.45) is 5.39. The van der Waals surface area contributed by atoms with Gasteiger partial charge in [0, 0.05) is 24.7 Å². The van der Waals surface area contributed by atoms with Crippen molar-refractivity contribution in [1.82, 2.24) is 9.80 Å². The average molecular weight is 394 g/mol. The minimum atomic E-state index is -0.114. The lowest BCUT2D eigenvalue weighted by Gasteiger charge is -2.48. The number of hydrogen-bond donors (Lipinski definition) is 1.